The highest BCUT2D eigenvalue weighted by Gasteiger charge is 2.34. The molecule has 1 unspecified atom stereocenters. The molecule has 2 saturated heterocycles. The molecule has 5 nitrogen and oxygen atoms in total. The summed E-state index contributed by atoms with van der Waals surface area (Å²) >= 11 is 0. The van der Waals surface area contributed by atoms with Gasteiger partial charge in [0.2, 0.25) is 11.8 Å². The minimum absolute atomic E-state index is 0. The van der Waals surface area contributed by atoms with E-state index in [-0.39, 0.29) is 30.1 Å². The van der Waals surface area contributed by atoms with Crippen molar-refractivity contribution in [3.63, 3.8) is 0 Å². The Morgan fingerprint density at radius 3 is 2.54 bits per heavy atom. The zero-order valence-electron chi connectivity index (χ0n) is 16.9. The maximum atomic E-state index is 13.3. The van der Waals surface area contributed by atoms with Gasteiger partial charge in [0.1, 0.15) is 0 Å². The first-order valence-electron chi connectivity index (χ1n) is 10.5. The lowest BCUT2D eigenvalue weighted by Gasteiger charge is -2.39. The van der Waals surface area contributed by atoms with Crippen molar-refractivity contribution in [1.82, 2.24) is 15.1 Å². The van der Waals surface area contributed by atoms with Gasteiger partial charge in [0.15, 0.2) is 0 Å². The molecule has 1 N–H and O–H groups in total. The molecule has 2 amide bonds. The molecule has 2 aliphatic heterocycles. The van der Waals surface area contributed by atoms with E-state index in [0.29, 0.717) is 19.0 Å². The Labute approximate surface area is 175 Å². The minimum atomic E-state index is -0.0418. The first kappa shape index (κ1) is 22.7. The number of nitrogens with zero attached hydrogens (tertiary/aromatic N) is 2. The van der Waals surface area contributed by atoms with Gasteiger partial charge in [0, 0.05) is 25.7 Å². The second kappa shape index (κ2) is 11.4. The van der Waals surface area contributed by atoms with Crippen LogP contribution in [0.2, 0.25) is 0 Å². The maximum Gasteiger partial charge on any atom is 0.227 e. The smallest absolute Gasteiger partial charge is 0.227 e. The van der Waals surface area contributed by atoms with Crippen LogP contribution in [0.3, 0.4) is 0 Å². The van der Waals surface area contributed by atoms with Crippen molar-refractivity contribution in [3.8, 4) is 0 Å². The normalized spacial score (nSPS) is 20.3. The van der Waals surface area contributed by atoms with Crippen LogP contribution in [0.25, 0.3) is 0 Å². The molecule has 28 heavy (non-hydrogen) atoms. The van der Waals surface area contributed by atoms with Crippen molar-refractivity contribution in [1.29, 1.82) is 0 Å². The average molecular weight is 408 g/mol. The van der Waals surface area contributed by atoms with Gasteiger partial charge >= 0.3 is 0 Å². The summed E-state index contributed by atoms with van der Waals surface area (Å²) in [5.74, 6) is 0.364. The van der Waals surface area contributed by atoms with E-state index >= 15 is 0 Å². The van der Waals surface area contributed by atoms with Crippen molar-refractivity contribution in [2.24, 2.45) is 5.92 Å². The topological polar surface area (TPSA) is 52.7 Å². The molecule has 0 aromatic heterocycles. The molecule has 0 aliphatic carbocycles. The summed E-state index contributed by atoms with van der Waals surface area (Å²) in [6.45, 7) is 6.30. The molecule has 3 rings (SSSR count). The van der Waals surface area contributed by atoms with Crippen LogP contribution in [0.15, 0.2) is 30.3 Å². The number of rotatable bonds is 6. The first-order chi connectivity index (χ1) is 13.2. The van der Waals surface area contributed by atoms with Crippen LogP contribution in [0.1, 0.15) is 44.6 Å². The van der Waals surface area contributed by atoms with Gasteiger partial charge in [0.05, 0.1) is 12.3 Å². The number of hydrogen-bond acceptors (Lipinski definition) is 3. The number of hydrogen-bond donors (Lipinski definition) is 1. The van der Waals surface area contributed by atoms with Crippen LogP contribution in [0, 0.1) is 5.92 Å². The lowest BCUT2D eigenvalue weighted by molar-refractivity contribution is -0.143. The monoisotopic (exact) mass is 407 g/mol. The maximum absolute atomic E-state index is 13.3. The number of benzene rings is 1. The van der Waals surface area contributed by atoms with Gasteiger partial charge in [-0.2, -0.15) is 0 Å². The summed E-state index contributed by atoms with van der Waals surface area (Å²) in [6, 6.07) is 10.2. The van der Waals surface area contributed by atoms with E-state index in [1.54, 1.807) is 0 Å². The summed E-state index contributed by atoms with van der Waals surface area (Å²) in [4.78, 5) is 30.0. The largest absolute Gasteiger partial charge is 0.342 e. The molecule has 0 radical (unpaired) electrons. The second-order valence-corrected chi connectivity index (χ2v) is 7.85. The van der Waals surface area contributed by atoms with Crippen LogP contribution in [0.5, 0.6) is 0 Å². The predicted molar refractivity (Wildman–Crippen MR) is 115 cm³/mol. The van der Waals surface area contributed by atoms with Crippen molar-refractivity contribution in [3.05, 3.63) is 35.9 Å². The van der Waals surface area contributed by atoms with Gasteiger partial charge < -0.3 is 15.1 Å². The lowest BCUT2D eigenvalue weighted by Crippen LogP contribution is -2.52. The summed E-state index contributed by atoms with van der Waals surface area (Å²) in [5, 5.41) is 3.38. The second-order valence-electron chi connectivity index (χ2n) is 7.85. The molecule has 0 spiro atoms. The van der Waals surface area contributed by atoms with Crippen molar-refractivity contribution in [2.45, 2.75) is 51.5 Å². The van der Waals surface area contributed by atoms with Gasteiger partial charge in [-0.05, 0) is 50.8 Å². The molecule has 2 heterocycles. The lowest BCUT2D eigenvalue weighted by atomic mass is 9.94. The zero-order chi connectivity index (χ0) is 19.1. The zero-order valence-corrected chi connectivity index (χ0v) is 17.8. The van der Waals surface area contributed by atoms with Crippen molar-refractivity contribution >= 4 is 24.2 Å². The fourth-order valence-electron chi connectivity index (χ4n) is 4.35. The van der Waals surface area contributed by atoms with Gasteiger partial charge in [-0.25, -0.2) is 0 Å². The van der Waals surface area contributed by atoms with Crippen LogP contribution < -0.4 is 5.32 Å². The van der Waals surface area contributed by atoms with Crippen LogP contribution in [0.4, 0.5) is 0 Å². The van der Waals surface area contributed by atoms with Crippen LogP contribution >= 0.6 is 12.4 Å². The van der Waals surface area contributed by atoms with E-state index < -0.39 is 0 Å². The third-order valence-corrected chi connectivity index (χ3v) is 5.82. The fourth-order valence-corrected chi connectivity index (χ4v) is 4.35. The highest BCUT2D eigenvalue weighted by atomic mass is 35.5. The molecular weight excluding hydrogens is 374 g/mol. The standard InChI is InChI=1S/C22H33N3O2.ClH/c1-2-14-25(20-10-12-23-13-11-20)22(27)19-9-6-15-24(17-19)21(26)16-18-7-4-3-5-8-18;/h3-5,7-8,19-20,23H,2,6,9-17H2,1H3;1H. The van der Waals surface area contributed by atoms with E-state index in [1.807, 2.05) is 35.2 Å². The van der Waals surface area contributed by atoms with Gasteiger partial charge in [0.25, 0.3) is 0 Å². The highest BCUT2D eigenvalue weighted by molar-refractivity contribution is 5.85. The van der Waals surface area contributed by atoms with Crippen molar-refractivity contribution < 1.29 is 9.59 Å². The Bertz CT molecular complexity index is 619. The van der Waals surface area contributed by atoms with E-state index in [0.717, 1.165) is 63.8 Å². The molecule has 0 saturated carbocycles. The summed E-state index contributed by atoms with van der Waals surface area (Å²) in [7, 11) is 0. The molecular formula is C22H34ClN3O2. The fraction of sp³-hybridized carbons (Fsp3) is 0.636. The average Bonchev–Trinajstić information content (AvgIpc) is 2.73. The third-order valence-electron chi connectivity index (χ3n) is 5.82. The molecule has 1 atom stereocenters. The SMILES string of the molecule is CCCN(C(=O)C1CCCN(C(=O)Cc2ccccc2)C1)C1CCNCC1.Cl. The Morgan fingerprint density at radius 2 is 1.86 bits per heavy atom. The molecule has 6 heteroatoms. The Morgan fingerprint density at radius 1 is 1.14 bits per heavy atom. The molecule has 2 aliphatic rings. The Kier molecular flexibility index (Phi) is 9.26. The number of halogens is 1. The van der Waals surface area contributed by atoms with Crippen LogP contribution in [-0.4, -0.2) is 60.4 Å². The van der Waals surface area contributed by atoms with E-state index in [4.69, 9.17) is 0 Å². The number of likely N-dealkylation sites (tertiary alicyclic amines) is 1. The third kappa shape index (κ3) is 5.95. The number of piperidine rings is 2. The predicted octanol–water partition coefficient (Wildman–Crippen LogP) is 2.88. The Balaban J connectivity index is 0.00000280. The summed E-state index contributed by atoms with van der Waals surface area (Å²) in [5.41, 5.74) is 1.04. The van der Waals surface area contributed by atoms with E-state index in [9.17, 15) is 9.59 Å². The van der Waals surface area contributed by atoms with Gasteiger partial charge in [-0.15, -0.1) is 12.4 Å². The number of nitrogens with one attached hydrogen (secondary N) is 1. The quantitative estimate of drug-likeness (QED) is 0.788. The minimum Gasteiger partial charge on any atom is -0.342 e. The summed E-state index contributed by atoms with van der Waals surface area (Å²) < 4.78 is 0. The number of carbonyl (C=O) groups is 2. The van der Waals surface area contributed by atoms with Crippen LogP contribution in [-0.2, 0) is 16.0 Å². The Hall–Kier alpha value is -1.59. The molecule has 0 bridgehead atoms. The van der Waals surface area contributed by atoms with Crippen molar-refractivity contribution in [2.75, 3.05) is 32.7 Å². The number of amides is 2. The molecule has 1 aromatic carbocycles. The van der Waals surface area contributed by atoms with Gasteiger partial charge in [-0.3, -0.25) is 9.59 Å². The molecule has 2 fully saturated rings. The molecule has 1 aromatic rings. The van der Waals surface area contributed by atoms with E-state index in [1.165, 1.54) is 0 Å². The molecule has 156 valence electrons. The van der Waals surface area contributed by atoms with Gasteiger partial charge in [-0.1, -0.05) is 37.3 Å². The highest BCUT2D eigenvalue weighted by Crippen LogP contribution is 2.23. The van der Waals surface area contributed by atoms with E-state index in [2.05, 4.69) is 17.1 Å². The summed E-state index contributed by atoms with van der Waals surface area (Å²) in [6.07, 6.45) is 5.31. The number of carbonyl (C=O) groups excluding carboxylic acids is 2. The first-order valence-corrected chi connectivity index (χ1v) is 10.5.